The molecule has 1 unspecified atom stereocenters. The van der Waals surface area contributed by atoms with E-state index < -0.39 is 0 Å². The van der Waals surface area contributed by atoms with E-state index in [2.05, 4.69) is 5.32 Å². The molecular weight excluding hydrogens is 284 g/mol. The van der Waals surface area contributed by atoms with E-state index in [1.165, 1.54) is 0 Å². The highest BCUT2D eigenvalue weighted by Gasteiger charge is 2.16. The van der Waals surface area contributed by atoms with E-state index in [9.17, 15) is 4.79 Å². The van der Waals surface area contributed by atoms with Gasteiger partial charge in [-0.25, -0.2) is 0 Å². The first-order valence-corrected chi connectivity index (χ1v) is 7.32. The van der Waals surface area contributed by atoms with Gasteiger partial charge in [0.05, 0.1) is 6.04 Å². The van der Waals surface area contributed by atoms with E-state index in [1.807, 2.05) is 38.1 Å². The fraction of sp³-hybridized carbons (Fsp3) is 0.235. The van der Waals surface area contributed by atoms with Gasteiger partial charge in [-0.3, -0.25) is 4.79 Å². The van der Waals surface area contributed by atoms with Crippen molar-refractivity contribution in [3.05, 3.63) is 64.2 Å². The van der Waals surface area contributed by atoms with Crippen LogP contribution in [0.2, 0.25) is 5.02 Å². The molecule has 0 spiro atoms. The van der Waals surface area contributed by atoms with Crippen LogP contribution in [-0.4, -0.2) is 5.91 Å². The highest BCUT2D eigenvalue weighted by atomic mass is 35.5. The van der Waals surface area contributed by atoms with Crippen molar-refractivity contribution in [3.8, 4) is 0 Å². The number of carbonyl (C=O) groups excluding carboxylic acids is 1. The summed E-state index contributed by atoms with van der Waals surface area (Å²) in [6.45, 7) is 3.88. The number of amides is 1. The maximum Gasteiger partial charge on any atom is 0.252 e. The molecule has 3 nitrogen and oxygen atoms in total. The summed E-state index contributed by atoms with van der Waals surface area (Å²) in [5.74, 6) is -0.119. The first-order chi connectivity index (χ1) is 10.0. The summed E-state index contributed by atoms with van der Waals surface area (Å²) in [4.78, 5) is 12.4. The SMILES string of the molecule is CCC(NC(=O)c1cccc(N)c1C)c1cccc(Cl)c1. The Bertz CT molecular complexity index is 655. The van der Waals surface area contributed by atoms with E-state index >= 15 is 0 Å². The Labute approximate surface area is 130 Å². The van der Waals surface area contributed by atoms with Crippen molar-refractivity contribution in [2.45, 2.75) is 26.3 Å². The van der Waals surface area contributed by atoms with E-state index in [1.54, 1.807) is 18.2 Å². The van der Waals surface area contributed by atoms with Crippen molar-refractivity contribution in [2.24, 2.45) is 0 Å². The number of hydrogen-bond donors (Lipinski definition) is 2. The normalized spacial score (nSPS) is 12.0. The Morgan fingerprint density at radius 3 is 2.67 bits per heavy atom. The standard InChI is InChI=1S/C17H19ClN2O/c1-3-16(12-6-4-7-13(18)10-12)20-17(21)14-8-5-9-15(19)11(14)2/h4-10,16H,3,19H2,1-2H3,(H,20,21). The summed E-state index contributed by atoms with van der Waals surface area (Å²) >= 11 is 6.02. The van der Waals surface area contributed by atoms with Gasteiger partial charge in [0.15, 0.2) is 0 Å². The van der Waals surface area contributed by atoms with Crippen LogP contribution >= 0.6 is 11.6 Å². The fourth-order valence-corrected chi connectivity index (χ4v) is 2.48. The number of hydrogen-bond acceptors (Lipinski definition) is 2. The number of benzene rings is 2. The second kappa shape index (κ2) is 6.64. The fourth-order valence-electron chi connectivity index (χ4n) is 2.28. The quantitative estimate of drug-likeness (QED) is 0.835. The molecule has 110 valence electrons. The molecule has 0 heterocycles. The van der Waals surface area contributed by atoms with Crippen molar-refractivity contribution in [1.82, 2.24) is 5.32 Å². The largest absolute Gasteiger partial charge is 0.398 e. The zero-order valence-electron chi connectivity index (χ0n) is 12.2. The van der Waals surface area contributed by atoms with E-state index in [4.69, 9.17) is 17.3 Å². The van der Waals surface area contributed by atoms with Gasteiger partial charge in [-0.2, -0.15) is 0 Å². The highest BCUT2D eigenvalue weighted by Crippen LogP contribution is 2.22. The molecule has 0 radical (unpaired) electrons. The third-order valence-electron chi connectivity index (χ3n) is 3.58. The minimum Gasteiger partial charge on any atom is -0.398 e. The maximum atomic E-state index is 12.4. The van der Waals surface area contributed by atoms with Gasteiger partial charge in [-0.15, -0.1) is 0 Å². The van der Waals surface area contributed by atoms with E-state index in [0.29, 0.717) is 16.3 Å². The zero-order valence-corrected chi connectivity index (χ0v) is 12.9. The summed E-state index contributed by atoms with van der Waals surface area (Å²) in [6.07, 6.45) is 0.785. The van der Waals surface area contributed by atoms with Gasteiger partial charge in [-0.1, -0.05) is 36.7 Å². The summed E-state index contributed by atoms with van der Waals surface area (Å²) in [6, 6.07) is 12.8. The Morgan fingerprint density at radius 2 is 2.00 bits per heavy atom. The molecule has 0 fully saturated rings. The van der Waals surface area contributed by atoms with Gasteiger partial charge in [0.1, 0.15) is 0 Å². The second-order valence-corrected chi connectivity index (χ2v) is 5.45. The van der Waals surface area contributed by atoms with Gasteiger partial charge >= 0.3 is 0 Å². The zero-order chi connectivity index (χ0) is 15.4. The lowest BCUT2D eigenvalue weighted by atomic mass is 10.0. The van der Waals surface area contributed by atoms with Gasteiger partial charge in [0.25, 0.3) is 5.91 Å². The molecule has 0 aliphatic heterocycles. The summed E-state index contributed by atoms with van der Waals surface area (Å²) in [7, 11) is 0. The molecule has 2 aromatic rings. The topological polar surface area (TPSA) is 55.1 Å². The van der Waals surface area contributed by atoms with Crippen LogP contribution in [-0.2, 0) is 0 Å². The smallest absolute Gasteiger partial charge is 0.252 e. The average molecular weight is 303 g/mol. The molecule has 1 atom stereocenters. The minimum absolute atomic E-state index is 0.0722. The van der Waals surface area contributed by atoms with Crippen LogP contribution in [0.3, 0.4) is 0 Å². The first kappa shape index (κ1) is 15.4. The van der Waals surface area contributed by atoms with Crippen LogP contribution in [0, 0.1) is 6.92 Å². The molecule has 2 aromatic carbocycles. The molecule has 0 bridgehead atoms. The van der Waals surface area contributed by atoms with Crippen molar-refractivity contribution >= 4 is 23.2 Å². The third kappa shape index (κ3) is 3.56. The molecule has 0 aliphatic rings. The molecule has 21 heavy (non-hydrogen) atoms. The first-order valence-electron chi connectivity index (χ1n) is 6.94. The summed E-state index contributed by atoms with van der Waals surface area (Å²) in [5.41, 5.74) is 8.89. The molecule has 0 aliphatic carbocycles. The molecule has 2 rings (SSSR count). The highest BCUT2D eigenvalue weighted by molar-refractivity contribution is 6.30. The van der Waals surface area contributed by atoms with E-state index in [0.717, 1.165) is 17.5 Å². The monoisotopic (exact) mass is 302 g/mol. The summed E-state index contributed by atoms with van der Waals surface area (Å²) in [5, 5.41) is 3.71. The van der Waals surface area contributed by atoms with Crippen LogP contribution in [0.1, 0.15) is 40.9 Å². The lowest BCUT2D eigenvalue weighted by Gasteiger charge is -2.19. The number of nitrogen functional groups attached to an aromatic ring is 1. The molecule has 0 aromatic heterocycles. The molecule has 0 saturated heterocycles. The third-order valence-corrected chi connectivity index (χ3v) is 3.82. The van der Waals surface area contributed by atoms with E-state index in [-0.39, 0.29) is 11.9 Å². The number of halogens is 1. The molecule has 1 amide bonds. The van der Waals surface area contributed by atoms with Crippen LogP contribution < -0.4 is 11.1 Å². The Morgan fingerprint density at radius 1 is 1.29 bits per heavy atom. The van der Waals surface area contributed by atoms with Crippen LogP contribution in [0.5, 0.6) is 0 Å². The average Bonchev–Trinajstić information content (AvgIpc) is 2.47. The van der Waals surface area contributed by atoms with Gasteiger partial charge in [0.2, 0.25) is 0 Å². The van der Waals surface area contributed by atoms with Gasteiger partial charge < -0.3 is 11.1 Å². The van der Waals surface area contributed by atoms with Crippen LogP contribution in [0.25, 0.3) is 0 Å². The Kier molecular flexibility index (Phi) is 4.86. The predicted molar refractivity (Wildman–Crippen MR) is 87.5 cm³/mol. The molecule has 3 N–H and O–H groups in total. The minimum atomic E-state index is -0.119. The summed E-state index contributed by atoms with van der Waals surface area (Å²) < 4.78 is 0. The number of rotatable bonds is 4. The maximum absolute atomic E-state index is 12.4. The molecule has 4 heteroatoms. The van der Waals surface area contributed by atoms with Crippen LogP contribution in [0.15, 0.2) is 42.5 Å². The lowest BCUT2D eigenvalue weighted by molar-refractivity contribution is 0.0935. The second-order valence-electron chi connectivity index (χ2n) is 5.01. The Hall–Kier alpha value is -2.00. The van der Waals surface area contributed by atoms with Crippen molar-refractivity contribution < 1.29 is 4.79 Å². The Balaban J connectivity index is 2.22. The molecular formula is C17H19ClN2O. The van der Waals surface area contributed by atoms with Gasteiger partial charge in [-0.05, 0) is 48.7 Å². The van der Waals surface area contributed by atoms with Gasteiger partial charge in [0, 0.05) is 16.3 Å². The van der Waals surface area contributed by atoms with Crippen molar-refractivity contribution in [1.29, 1.82) is 0 Å². The van der Waals surface area contributed by atoms with Crippen LogP contribution in [0.4, 0.5) is 5.69 Å². The number of nitrogens with two attached hydrogens (primary N) is 1. The lowest BCUT2D eigenvalue weighted by Crippen LogP contribution is -2.28. The number of anilines is 1. The predicted octanol–water partition coefficient (Wildman–Crippen LogP) is 4.11. The number of carbonyl (C=O) groups is 1. The van der Waals surface area contributed by atoms with Crippen molar-refractivity contribution in [3.63, 3.8) is 0 Å². The number of nitrogens with one attached hydrogen (secondary N) is 1. The van der Waals surface area contributed by atoms with Crippen molar-refractivity contribution in [2.75, 3.05) is 5.73 Å². The molecule has 0 saturated carbocycles.